The fraction of sp³-hybridized carbons (Fsp3) is 0.923. The standard InChI is InChI=1S/C13H24N2O/c1-13(2,11-14)7-10-16-9-6-12-5-3-4-8-15-12/h12,15H,3-10H2,1-2H3. The van der Waals surface area contributed by atoms with E-state index >= 15 is 0 Å². The molecular formula is C13H24N2O. The summed E-state index contributed by atoms with van der Waals surface area (Å²) < 4.78 is 5.58. The van der Waals surface area contributed by atoms with Gasteiger partial charge in [0.15, 0.2) is 0 Å². The summed E-state index contributed by atoms with van der Waals surface area (Å²) in [6, 6.07) is 2.94. The van der Waals surface area contributed by atoms with E-state index in [0.717, 1.165) is 26.0 Å². The topological polar surface area (TPSA) is 45.0 Å². The highest BCUT2D eigenvalue weighted by molar-refractivity contribution is 4.91. The number of nitrogens with one attached hydrogen (secondary N) is 1. The van der Waals surface area contributed by atoms with Crippen molar-refractivity contribution in [2.45, 2.75) is 52.0 Å². The lowest BCUT2D eigenvalue weighted by molar-refractivity contribution is 0.104. The Kier molecular flexibility index (Phi) is 5.79. The maximum absolute atomic E-state index is 8.84. The highest BCUT2D eigenvalue weighted by atomic mass is 16.5. The molecule has 1 aliphatic rings. The van der Waals surface area contributed by atoms with Crippen molar-refractivity contribution < 1.29 is 4.74 Å². The number of ether oxygens (including phenoxy) is 1. The van der Waals surface area contributed by atoms with Crippen molar-refractivity contribution in [2.24, 2.45) is 5.41 Å². The van der Waals surface area contributed by atoms with Crippen molar-refractivity contribution in [2.75, 3.05) is 19.8 Å². The van der Waals surface area contributed by atoms with Crippen LogP contribution in [0.5, 0.6) is 0 Å². The summed E-state index contributed by atoms with van der Waals surface area (Å²) in [5, 5.41) is 12.3. The molecule has 1 atom stereocenters. The van der Waals surface area contributed by atoms with Crippen molar-refractivity contribution in [1.29, 1.82) is 5.26 Å². The zero-order valence-electron chi connectivity index (χ0n) is 10.6. The smallest absolute Gasteiger partial charge is 0.0684 e. The Balaban J connectivity index is 1.97. The lowest BCUT2D eigenvalue weighted by Crippen LogP contribution is -2.34. The van der Waals surface area contributed by atoms with E-state index in [1.165, 1.54) is 19.3 Å². The van der Waals surface area contributed by atoms with E-state index in [9.17, 15) is 0 Å². The zero-order valence-corrected chi connectivity index (χ0v) is 10.6. The Morgan fingerprint density at radius 2 is 2.19 bits per heavy atom. The molecule has 0 aromatic heterocycles. The van der Waals surface area contributed by atoms with Crippen molar-refractivity contribution in [3.05, 3.63) is 0 Å². The zero-order chi connectivity index (χ0) is 11.9. The fourth-order valence-corrected chi connectivity index (χ4v) is 1.88. The van der Waals surface area contributed by atoms with Gasteiger partial charge in [-0.15, -0.1) is 0 Å². The average molecular weight is 224 g/mol. The van der Waals surface area contributed by atoms with E-state index in [1.807, 2.05) is 13.8 Å². The van der Waals surface area contributed by atoms with Crippen LogP contribution in [0.25, 0.3) is 0 Å². The van der Waals surface area contributed by atoms with Crippen LogP contribution in [-0.4, -0.2) is 25.8 Å². The maximum Gasteiger partial charge on any atom is 0.0684 e. The minimum atomic E-state index is -0.247. The number of hydrogen-bond acceptors (Lipinski definition) is 3. The Labute approximate surface area is 99.2 Å². The van der Waals surface area contributed by atoms with Crippen molar-refractivity contribution in [3.8, 4) is 6.07 Å². The molecule has 0 bridgehead atoms. The number of piperidine rings is 1. The molecule has 0 saturated carbocycles. The quantitative estimate of drug-likeness (QED) is 0.705. The van der Waals surface area contributed by atoms with Crippen LogP contribution < -0.4 is 5.32 Å². The second-order valence-electron chi connectivity index (χ2n) is 5.29. The minimum Gasteiger partial charge on any atom is -0.381 e. The molecule has 1 N–H and O–H groups in total. The summed E-state index contributed by atoms with van der Waals surface area (Å²) in [5.41, 5.74) is -0.247. The van der Waals surface area contributed by atoms with E-state index < -0.39 is 0 Å². The third-order valence-corrected chi connectivity index (χ3v) is 3.20. The third-order valence-electron chi connectivity index (χ3n) is 3.20. The van der Waals surface area contributed by atoms with Crippen LogP contribution in [0.4, 0.5) is 0 Å². The number of nitrogens with zero attached hydrogens (tertiary/aromatic N) is 1. The average Bonchev–Trinajstić information content (AvgIpc) is 2.30. The predicted molar refractivity (Wildman–Crippen MR) is 65.1 cm³/mol. The molecule has 0 radical (unpaired) electrons. The van der Waals surface area contributed by atoms with Gasteiger partial charge in [-0.05, 0) is 46.1 Å². The molecule has 3 heteroatoms. The molecule has 0 aliphatic carbocycles. The molecule has 1 unspecified atom stereocenters. The first-order valence-electron chi connectivity index (χ1n) is 6.36. The molecule has 0 spiro atoms. The molecule has 1 rings (SSSR count). The van der Waals surface area contributed by atoms with Crippen LogP contribution in [0.2, 0.25) is 0 Å². The Morgan fingerprint density at radius 3 is 2.81 bits per heavy atom. The molecular weight excluding hydrogens is 200 g/mol. The van der Waals surface area contributed by atoms with Crippen molar-refractivity contribution >= 4 is 0 Å². The summed E-state index contributed by atoms with van der Waals surface area (Å²) in [6.07, 6.45) is 5.87. The largest absolute Gasteiger partial charge is 0.381 e. The first-order chi connectivity index (χ1) is 7.64. The first kappa shape index (κ1) is 13.5. The maximum atomic E-state index is 8.84. The van der Waals surface area contributed by atoms with Gasteiger partial charge in [-0.1, -0.05) is 6.42 Å². The summed E-state index contributed by atoms with van der Waals surface area (Å²) in [7, 11) is 0. The molecule has 1 heterocycles. The van der Waals surface area contributed by atoms with Gasteiger partial charge in [-0.25, -0.2) is 0 Å². The van der Waals surface area contributed by atoms with Crippen LogP contribution in [0.3, 0.4) is 0 Å². The fourth-order valence-electron chi connectivity index (χ4n) is 1.88. The molecule has 3 nitrogen and oxygen atoms in total. The van der Waals surface area contributed by atoms with E-state index in [4.69, 9.17) is 10.00 Å². The van der Waals surface area contributed by atoms with Gasteiger partial charge in [0.25, 0.3) is 0 Å². The van der Waals surface area contributed by atoms with E-state index in [1.54, 1.807) is 0 Å². The van der Waals surface area contributed by atoms with Gasteiger partial charge in [0.05, 0.1) is 11.5 Å². The van der Waals surface area contributed by atoms with Gasteiger partial charge in [-0.2, -0.15) is 5.26 Å². The molecule has 1 fully saturated rings. The summed E-state index contributed by atoms with van der Waals surface area (Å²) in [6.45, 7) is 6.59. The molecule has 1 aliphatic heterocycles. The van der Waals surface area contributed by atoms with Crippen molar-refractivity contribution in [3.63, 3.8) is 0 Å². The highest BCUT2D eigenvalue weighted by Crippen LogP contribution is 2.18. The molecule has 92 valence electrons. The van der Waals surface area contributed by atoms with Gasteiger partial charge in [0.1, 0.15) is 0 Å². The van der Waals surface area contributed by atoms with Crippen LogP contribution in [-0.2, 0) is 4.74 Å². The van der Waals surface area contributed by atoms with Crippen LogP contribution in [0.15, 0.2) is 0 Å². The Hall–Kier alpha value is -0.590. The molecule has 1 saturated heterocycles. The summed E-state index contributed by atoms with van der Waals surface area (Å²) in [4.78, 5) is 0. The first-order valence-corrected chi connectivity index (χ1v) is 6.36. The lowest BCUT2D eigenvalue weighted by atomic mass is 9.92. The van der Waals surface area contributed by atoms with Gasteiger partial charge in [0, 0.05) is 19.3 Å². The Morgan fingerprint density at radius 1 is 1.38 bits per heavy atom. The third kappa shape index (κ3) is 5.48. The summed E-state index contributed by atoms with van der Waals surface area (Å²) in [5.74, 6) is 0. The molecule has 0 aromatic carbocycles. The van der Waals surface area contributed by atoms with Crippen LogP contribution in [0, 0.1) is 16.7 Å². The second kappa shape index (κ2) is 6.88. The monoisotopic (exact) mass is 224 g/mol. The van der Waals surface area contributed by atoms with Gasteiger partial charge in [0.2, 0.25) is 0 Å². The van der Waals surface area contributed by atoms with E-state index in [-0.39, 0.29) is 5.41 Å². The van der Waals surface area contributed by atoms with Gasteiger partial charge >= 0.3 is 0 Å². The summed E-state index contributed by atoms with van der Waals surface area (Å²) >= 11 is 0. The predicted octanol–water partition coefficient (Wildman–Crippen LogP) is 2.48. The van der Waals surface area contributed by atoms with Gasteiger partial charge in [-0.3, -0.25) is 0 Å². The molecule has 16 heavy (non-hydrogen) atoms. The number of hydrogen-bond donors (Lipinski definition) is 1. The second-order valence-corrected chi connectivity index (χ2v) is 5.29. The SMILES string of the molecule is CC(C)(C#N)CCOCCC1CCCCN1. The number of rotatable bonds is 6. The lowest BCUT2D eigenvalue weighted by Gasteiger charge is -2.23. The van der Waals surface area contributed by atoms with E-state index in [2.05, 4.69) is 11.4 Å². The minimum absolute atomic E-state index is 0.247. The van der Waals surface area contributed by atoms with E-state index in [0.29, 0.717) is 12.6 Å². The highest BCUT2D eigenvalue weighted by Gasteiger charge is 2.16. The van der Waals surface area contributed by atoms with Crippen molar-refractivity contribution in [1.82, 2.24) is 5.32 Å². The molecule has 0 amide bonds. The van der Waals surface area contributed by atoms with Gasteiger partial charge < -0.3 is 10.1 Å². The number of nitriles is 1. The Bertz CT molecular complexity index is 227. The normalized spacial score (nSPS) is 21.7. The molecule has 0 aromatic rings. The van der Waals surface area contributed by atoms with Crippen LogP contribution >= 0.6 is 0 Å². The van der Waals surface area contributed by atoms with Crippen LogP contribution in [0.1, 0.15) is 46.0 Å².